The highest BCUT2D eigenvalue weighted by atomic mass is 35.5. The summed E-state index contributed by atoms with van der Waals surface area (Å²) in [4.78, 5) is 27.8. The molecule has 2 N–H and O–H groups in total. The third kappa shape index (κ3) is 4.98. The van der Waals surface area contributed by atoms with Gasteiger partial charge in [-0.2, -0.15) is 4.98 Å². The molecule has 2 saturated heterocycles. The number of anilines is 1. The van der Waals surface area contributed by atoms with Gasteiger partial charge in [0, 0.05) is 36.4 Å². The lowest BCUT2D eigenvalue weighted by Gasteiger charge is -2.37. The van der Waals surface area contributed by atoms with Crippen molar-refractivity contribution >= 4 is 45.9 Å². The number of amides is 1. The van der Waals surface area contributed by atoms with Gasteiger partial charge in [-0.15, -0.1) is 11.3 Å². The van der Waals surface area contributed by atoms with Crippen molar-refractivity contribution in [1.82, 2.24) is 24.4 Å². The number of likely N-dealkylation sites (tertiary alicyclic amines) is 1. The van der Waals surface area contributed by atoms with Crippen molar-refractivity contribution in [3.05, 3.63) is 23.1 Å². The van der Waals surface area contributed by atoms with Gasteiger partial charge in [-0.05, 0) is 77.3 Å². The fourth-order valence-electron chi connectivity index (χ4n) is 6.48. The van der Waals surface area contributed by atoms with Gasteiger partial charge in [-0.25, -0.2) is 14.8 Å². The van der Waals surface area contributed by atoms with Gasteiger partial charge in [0.25, 0.3) is 0 Å². The molecule has 5 heterocycles. The third-order valence-electron chi connectivity index (χ3n) is 7.97. The highest BCUT2D eigenvalue weighted by Gasteiger charge is 2.56. The van der Waals surface area contributed by atoms with E-state index in [1.165, 1.54) is 0 Å². The van der Waals surface area contributed by atoms with Crippen LogP contribution in [0.5, 0.6) is 0 Å². The van der Waals surface area contributed by atoms with Crippen LogP contribution in [0.15, 0.2) is 17.8 Å². The number of hydrogen-bond donors (Lipinski definition) is 1. The predicted molar refractivity (Wildman–Crippen MR) is 150 cm³/mol. The second-order valence-electron chi connectivity index (χ2n) is 12.2. The number of hydrogen-bond acceptors (Lipinski definition) is 9. The predicted octanol–water partition coefficient (Wildman–Crippen LogP) is 5.52. The molecular formula is C27H35ClN6O4S. The number of rotatable bonds is 3. The zero-order chi connectivity index (χ0) is 27.7. The highest BCUT2D eigenvalue weighted by Crippen LogP contribution is 2.52. The van der Waals surface area contributed by atoms with Crippen LogP contribution in [0.3, 0.4) is 0 Å². The van der Waals surface area contributed by atoms with Crippen LogP contribution in [0.2, 0.25) is 5.28 Å². The number of carbonyl (C=O) groups excluding carboxylic acids is 1. The number of halogens is 1. The number of ether oxygens (including phenoxy) is 3. The molecular weight excluding hydrogens is 540 g/mol. The second kappa shape index (κ2) is 9.57. The number of aromatic nitrogens is 4. The number of nitrogens with zero attached hydrogens (tertiary/aromatic N) is 5. The fourth-order valence-corrected chi connectivity index (χ4v) is 7.31. The van der Waals surface area contributed by atoms with Crippen molar-refractivity contribution < 1.29 is 19.0 Å². The average Bonchev–Trinajstić information content (AvgIpc) is 3.60. The van der Waals surface area contributed by atoms with Gasteiger partial charge in [-0.3, -0.25) is 0 Å². The van der Waals surface area contributed by atoms with Gasteiger partial charge in [-0.1, -0.05) is 0 Å². The minimum Gasteiger partial charge on any atom is -0.444 e. The van der Waals surface area contributed by atoms with E-state index in [0.29, 0.717) is 30.5 Å². The smallest absolute Gasteiger partial charge is 0.410 e. The molecule has 39 heavy (non-hydrogen) atoms. The normalized spacial score (nSPS) is 27.3. The minimum absolute atomic E-state index is 0.0350. The molecule has 1 saturated carbocycles. The lowest BCUT2D eigenvalue weighted by atomic mass is 9.82. The maximum absolute atomic E-state index is 12.6. The van der Waals surface area contributed by atoms with Crippen LogP contribution < -0.4 is 5.73 Å². The Hall–Kier alpha value is -2.47. The van der Waals surface area contributed by atoms with E-state index in [0.717, 1.165) is 35.2 Å². The summed E-state index contributed by atoms with van der Waals surface area (Å²) in [6, 6.07) is -0.0350. The lowest BCUT2D eigenvalue weighted by Crippen LogP contribution is -2.44. The minimum atomic E-state index is -0.698. The van der Waals surface area contributed by atoms with Crippen molar-refractivity contribution in [2.75, 3.05) is 18.8 Å². The van der Waals surface area contributed by atoms with Crippen molar-refractivity contribution in [3.8, 4) is 10.6 Å². The molecule has 0 bridgehead atoms. The second-order valence-corrected chi connectivity index (χ2v) is 13.4. The van der Waals surface area contributed by atoms with Gasteiger partial charge < -0.3 is 29.4 Å². The molecule has 3 aromatic rings. The molecule has 10 nitrogen and oxygen atoms in total. The van der Waals surface area contributed by atoms with Crippen LogP contribution in [-0.2, 0) is 14.2 Å². The summed E-state index contributed by atoms with van der Waals surface area (Å²) in [6.45, 7) is 11.0. The van der Waals surface area contributed by atoms with Gasteiger partial charge in [0.2, 0.25) is 5.28 Å². The van der Waals surface area contributed by atoms with Gasteiger partial charge in [0.15, 0.2) is 5.79 Å². The molecule has 0 spiro atoms. The fraction of sp³-hybridized carbons (Fsp3) is 0.630. The molecule has 2 aliphatic heterocycles. The van der Waals surface area contributed by atoms with Crippen molar-refractivity contribution in [2.45, 2.75) is 83.5 Å². The summed E-state index contributed by atoms with van der Waals surface area (Å²) in [5.41, 5.74) is 7.43. The zero-order valence-electron chi connectivity index (χ0n) is 22.9. The third-order valence-corrected chi connectivity index (χ3v) is 8.94. The number of piperidine rings is 1. The van der Waals surface area contributed by atoms with Gasteiger partial charge in [0.05, 0.1) is 17.5 Å². The first-order chi connectivity index (χ1) is 18.4. The Balaban J connectivity index is 1.31. The number of nitrogen functional groups attached to an aromatic ring is 1. The quantitative estimate of drug-likeness (QED) is 0.406. The Bertz CT molecular complexity index is 1380. The molecule has 3 aliphatic rings. The summed E-state index contributed by atoms with van der Waals surface area (Å²) in [5, 5.41) is 3.64. The van der Waals surface area contributed by atoms with Crippen LogP contribution in [0.25, 0.3) is 21.6 Å². The summed E-state index contributed by atoms with van der Waals surface area (Å²) >= 11 is 7.84. The number of carbonyl (C=O) groups is 1. The molecule has 4 atom stereocenters. The number of nitrogens with two attached hydrogens (primary N) is 1. The maximum Gasteiger partial charge on any atom is 0.410 e. The summed E-state index contributed by atoms with van der Waals surface area (Å²) < 4.78 is 20.8. The van der Waals surface area contributed by atoms with Crippen molar-refractivity contribution in [2.24, 2.45) is 11.8 Å². The van der Waals surface area contributed by atoms with Gasteiger partial charge >= 0.3 is 6.09 Å². The van der Waals surface area contributed by atoms with Crippen LogP contribution >= 0.6 is 22.9 Å². The van der Waals surface area contributed by atoms with E-state index in [1.54, 1.807) is 17.5 Å². The molecule has 6 rings (SSSR count). The molecule has 1 amide bonds. The van der Waals surface area contributed by atoms with Crippen LogP contribution in [0.4, 0.5) is 10.6 Å². The Labute approximate surface area is 236 Å². The summed E-state index contributed by atoms with van der Waals surface area (Å²) in [7, 11) is 0. The SMILES string of the molecule is CC(C)(C)OC(=O)N1CCC([C@H]2C[C@@H](n3cc(-c4nccs4)c4c(N)nc(Cl)nc43)[C@@H]3OC(C)(C)O[C@@H]32)CC1. The molecule has 3 fully saturated rings. The van der Waals surface area contributed by atoms with Gasteiger partial charge in [0.1, 0.15) is 28.2 Å². The molecule has 1 aliphatic carbocycles. The first-order valence-electron chi connectivity index (χ1n) is 13.5. The number of thiazole rings is 1. The Morgan fingerprint density at radius 3 is 2.59 bits per heavy atom. The van der Waals surface area contributed by atoms with E-state index < -0.39 is 11.4 Å². The van der Waals surface area contributed by atoms with Crippen molar-refractivity contribution in [3.63, 3.8) is 0 Å². The average molecular weight is 575 g/mol. The Morgan fingerprint density at radius 1 is 1.21 bits per heavy atom. The molecule has 0 radical (unpaired) electrons. The summed E-state index contributed by atoms with van der Waals surface area (Å²) in [6.07, 6.45) is 6.00. The van der Waals surface area contributed by atoms with Crippen LogP contribution in [-0.4, -0.2) is 67.2 Å². The number of fused-ring (bicyclic) bond motifs is 2. The molecule has 3 aromatic heterocycles. The maximum atomic E-state index is 12.6. The molecule has 12 heteroatoms. The van der Waals surface area contributed by atoms with E-state index in [-0.39, 0.29) is 35.5 Å². The molecule has 0 aromatic carbocycles. The highest BCUT2D eigenvalue weighted by molar-refractivity contribution is 7.13. The van der Waals surface area contributed by atoms with Crippen LogP contribution in [0.1, 0.15) is 59.9 Å². The molecule has 0 unspecified atom stereocenters. The summed E-state index contributed by atoms with van der Waals surface area (Å²) in [5.74, 6) is 0.287. The van der Waals surface area contributed by atoms with Crippen molar-refractivity contribution in [1.29, 1.82) is 0 Å². The van der Waals surface area contributed by atoms with E-state index in [1.807, 2.05) is 44.9 Å². The van der Waals surface area contributed by atoms with E-state index in [9.17, 15) is 4.79 Å². The first-order valence-corrected chi connectivity index (χ1v) is 14.7. The largest absolute Gasteiger partial charge is 0.444 e. The monoisotopic (exact) mass is 574 g/mol. The first kappa shape index (κ1) is 26.7. The molecule has 210 valence electrons. The standard InChI is InChI=1S/C27H35ClN6O4S/c1-26(2,3)38-25(35)33-9-6-14(7-10-33)15-12-17(20-19(15)36-27(4,5)37-20)34-13-16(23-30-8-11-39-23)18-21(29)31-24(28)32-22(18)34/h8,11,13-15,17,19-20H,6-7,9-10,12H2,1-5H3,(H2,29,31,32)/t15-,17-,19-,20+/m1/s1. The zero-order valence-corrected chi connectivity index (χ0v) is 24.5. The van der Waals surface area contributed by atoms with Crippen LogP contribution in [0, 0.1) is 11.8 Å². The Kier molecular flexibility index (Phi) is 6.56. The van der Waals surface area contributed by atoms with E-state index in [4.69, 9.17) is 31.5 Å². The van der Waals surface area contributed by atoms with E-state index in [2.05, 4.69) is 25.7 Å². The lowest BCUT2D eigenvalue weighted by molar-refractivity contribution is -0.163. The van der Waals surface area contributed by atoms with E-state index >= 15 is 0 Å². The topological polar surface area (TPSA) is 118 Å². The Morgan fingerprint density at radius 2 is 1.92 bits per heavy atom.